The number of H-pyrrole nitrogens is 3. The zero-order valence-corrected chi connectivity index (χ0v) is 76.8. The monoisotopic (exact) mass is 1860 g/mol. The minimum Gasteiger partial charge on any atom is -0.394 e. The number of unbranched alkanes of at least 4 members (excludes halogenated alkanes) is 2. The van der Waals surface area contributed by atoms with Crippen LogP contribution in [0.3, 0.4) is 0 Å². The minimum atomic E-state index is -1.81. The molecule has 44 heteroatoms. The number of thiazole rings is 1. The van der Waals surface area contributed by atoms with Gasteiger partial charge < -0.3 is 115 Å². The van der Waals surface area contributed by atoms with E-state index in [1.165, 1.54) is 64.5 Å². The van der Waals surface area contributed by atoms with Gasteiger partial charge in [0.1, 0.15) is 72.5 Å². The Bertz CT molecular complexity index is 5010. The van der Waals surface area contributed by atoms with Crippen LogP contribution in [0.2, 0.25) is 0 Å². The van der Waals surface area contributed by atoms with Gasteiger partial charge >= 0.3 is 0 Å². The van der Waals surface area contributed by atoms with Crippen molar-refractivity contribution in [1.82, 2.24) is 103 Å². The van der Waals surface area contributed by atoms with Gasteiger partial charge in [-0.05, 0) is 87.5 Å². The van der Waals surface area contributed by atoms with Crippen molar-refractivity contribution >= 4 is 151 Å². The number of hydrogen-bond acceptors (Lipinski definition) is 23. The van der Waals surface area contributed by atoms with Crippen LogP contribution < -0.4 is 70.4 Å². The van der Waals surface area contributed by atoms with Gasteiger partial charge in [0.25, 0.3) is 0 Å². The van der Waals surface area contributed by atoms with Gasteiger partial charge in [0.05, 0.1) is 49.4 Å². The zero-order valence-electron chi connectivity index (χ0n) is 75.2. The molecule has 42 nitrogen and oxygen atoms in total. The van der Waals surface area contributed by atoms with Crippen molar-refractivity contribution in [2.24, 2.45) is 29.0 Å². The number of para-hydroxylation sites is 2. The second-order valence-electron chi connectivity index (χ2n) is 33.5. The van der Waals surface area contributed by atoms with Crippen LogP contribution in [-0.4, -0.2) is 306 Å². The molecule has 2 aliphatic rings. The molecule has 0 spiro atoms. The maximum atomic E-state index is 15.7. The number of primary amides is 2. The molecule has 2 aliphatic heterocycles. The molecule has 8 rings (SSSR count). The van der Waals surface area contributed by atoms with E-state index in [0.717, 1.165) is 36.3 Å². The Morgan fingerprint density at radius 1 is 0.595 bits per heavy atom. The van der Waals surface area contributed by atoms with Crippen LogP contribution >= 0.6 is 23.1 Å². The highest BCUT2D eigenvalue weighted by Crippen LogP contribution is 2.27. The van der Waals surface area contributed by atoms with Gasteiger partial charge in [-0.2, -0.15) is 0 Å². The third-order valence-electron chi connectivity index (χ3n) is 23.0. The number of aliphatic hydroxyl groups excluding tert-OH is 1. The van der Waals surface area contributed by atoms with Crippen LogP contribution in [-0.2, 0) is 107 Å². The number of fused-ring (bicyclic) bond motifs is 3. The number of likely N-dealkylation sites (N-methyl/N-ethyl adjacent to an activating group) is 4. The number of guanidine groups is 1. The van der Waals surface area contributed by atoms with Gasteiger partial charge in [0.2, 0.25) is 94.5 Å². The van der Waals surface area contributed by atoms with Gasteiger partial charge in [-0.15, -0.1) is 23.1 Å². The molecule has 0 bridgehead atoms. The van der Waals surface area contributed by atoms with E-state index in [1.54, 1.807) is 80.2 Å². The largest absolute Gasteiger partial charge is 0.394 e. The van der Waals surface area contributed by atoms with Crippen molar-refractivity contribution < 1.29 is 86.6 Å². The summed E-state index contributed by atoms with van der Waals surface area (Å²) in [4.78, 5) is 271. The number of ketones is 1. The molecular weight excluding hydrogens is 1730 g/mol. The number of nitrogens with one attached hydrogen (secondary N) is 14. The fraction of sp³-hybridized carbons (Fsp3) is 0.540. The molecule has 21 N–H and O–H groups in total. The van der Waals surface area contributed by atoms with E-state index in [2.05, 4.69) is 78.1 Å². The third-order valence-corrected chi connectivity index (χ3v) is 24.7. The fourth-order valence-electron chi connectivity index (χ4n) is 15.8. The lowest BCUT2D eigenvalue weighted by Gasteiger charge is -2.36. The lowest BCUT2D eigenvalue weighted by molar-refractivity contribution is -0.149. The molecule has 2 fully saturated rings. The number of hydrogen-bond donors (Lipinski definition) is 18. The first kappa shape index (κ1) is 104. The lowest BCUT2D eigenvalue weighted by atomic mass is 9.92. The Morgan fingerprint density at radius 3 is 1.79 bits per heavy atom. The van der Waals surface area contributed by atoms with Crippen molar-refractivity contribution in [2.45, 2.75) is 216 Å². The summed E-state index contributed by atoms with van der Waals surface area (Å²) in [5.41, 5.74) is 21.4. The number of aliphatic hydroxyl groups is 1. The van der Waals surface area contributed by atoms with Crippen LogP contribution in [0.15, 0.2) is 84.3 Å². The fourth-order valence-corrected chi connectivity index (χ4v) is 17.2. The highest BCUT2D eigenvalue weighted by atomic mass is 32.2. The number of aromatic nitrogens is 5. The molecule has 0 radical (unpaired) electrons. The number of nitrogens with two attached hydrogens (primary N) is 3. The number of Topliss-reactive ketones (excluding diaryl/α,β-unsaturated/α-hetero) is 1. The smallest absolute Gasteiger partial charge is 0.246 e. The SMILES string of the molecule is CCCC[C@H]1C(=O)N(C)[C@@H](CCCC)C(=O)N[C@@H](CCCNC(=N)N)C(=O)N[C@H](C(=O)NCC(N)=O)CSCC(=O)N[C@@H](Cc2cscn2)C(=O)N(C)[C@@H](C)C(=O)N[C@@H](CC(N)=O)C(=O)N2CCC[C@H]2C(=O)N[C@@H](Cc2cnc[nH]2)C(=O)N[C@@H](CC(C)C)C(=O)N(C)CC(=O)C[C@@H](Cc2c[nH]c3ccccc23)C(=O)N[C@@H](CO)C(=O)N[C@@H](Cc2c[nH]c3ccccc23)C(=O)N1C. The van der Waals surface area contributed by atoms with Crippen molar-refractivity contribution in [2.75, 3.05) is 72.5 Å². The molecule has 13 atom stereocenters. The summed E-state index contributed by atoms with van der Waals surface area (Å²) < 4.78 is 0. The first-order valence-electron chi connectivity index (χ1n) is 43.8. The van der Waals surface area contributed by atoms with Crippen LogP contribution in [0.1, 0.15) is 141 Å². The van der Waals surface area contributed by atoms with E-state index in [9.17, 15) is 62.6 Å². The van der Waals surface area contributed by atoms with Gasteiger partial charge in [0, 0.05) is 130 Å². The maximum Gasteiger partial charge on any atom is 0.246 e. The second kappa shape index (κ2) is 50.3. The molecule has 0 unspecified atom stereocenters. The van der Waals surface area contributed by atoms with Crippen molar-refractivity contribution in [3.63, 3.8) is 0 Å². The lowest BCUT2D eigenvalue weighted by Crippen LogP contribution is -2.61. The Morgan fingerprint density at radius 2 is 1.18 bits per heavy atom. The number of benzene rings is 2. The molecule has 2 aromatic carbocycles. The van der Waals surface area contributed by atoms with E-state index in [4.69, 9.17) is 22.6 Å². The van der Waals surface area contributed by atoms with Gasteiger partial charge in [-0.1, -0.05) is 89.8 Å². The Balaban J connectivity index is 1.18. The van der Waals surface area contributed by atoms with E-state index in [1.807, 2.05) is 13.8 Å². The van der Waals surface area contributed by atoms with Crippen LogP contribution in [0.4, 0.5) is 0 Å². The highest BCUT2D eigenvalue weighted by Gasteiger charge is 2.44. The normalized spacial score (nSPS) is 23.7. The highest BCUT2D eigenvalue weighted by molar-refractivity contribution is 8.00. The number of imidazole rings is 1. The Hall–Kier alpha value is -12.9. The summed E-state index contributed by atoms with van der Waals surface area (Å²) in [6, 6.07) is -3.80. The van der Waals surface area contributed by atoms with Crippen LogP contribution in [0.5, 0.6) is 0 Å². The van der Waals surface area contributed by atoms with E-state index < -0.39 is 229 Å². The van der Waals surface area contributed by atoms with Crippen molar-refractivity contribution in [3.05, 3.63) is 107 Å². The Kier molecular flexibility index (Phi) is 39.8. The average molecular weight is 1860 g/mol. The molecular formula is C87H124N24O18S2. The molecule has 6 heterocycles. The van der Waals surface area contributed by atoms with Gasteiger partial charge in [0.15, 0.2) is 11.7 Å². The molecule has 16 amide bonds. The second-order valence-corrected chi connectivity index (χ2v) is 35.2. The molecule has 712 valence electrons. The van der Waals surface area contributed by atoms with Crippen molar-refractivity contribution in [1.29, 1.82) is 5.41 Å². The summed E-state index contributed by atoms with van der Waals surface area (Å²) in [6.07, 6.45) is 5.59. The molecule has 6 aromatic rings. The van der Waals surface area contributed by atoms with E-state index in [0.29, 0.717) is 70.0 Å². The summed E-state index contributed by atoms with van der Waals surface area (Å²) in [5.74, 6) is -18.0. The van der Waals surface area contributed by atoms with Gasteiger partial charge in [-0.3, -0.25) is 86.9 Å². The molecule has 0 saturated carbocycles. The number of carbonyl (C=O) groups excluding carboxylic acids is 17. The predicted octanol–water partition coefficient (Wildman–Crippen LogP) is -1.59. The first-order valence-corrected chi connectivity index (χ1v) is 45.9. The molecule has 131 heavy (non-hydrogen) atoms. The topological polar surface area (TPSA) is 622 Å². The quantitative estimate of drug-likeness (QED) is 0.0165. The summed E-state index contributed by atoms with van der Waals surface area (Å²) >= 11 is 1.96. The third kappa shape index (κ3) is 30.1. The molecule has 4 aromatic heterocycles. The number of rotatable bonds is 26. The standard InChI is InChI=1S/C87H124N24O18S2/c1-10-12-25-68-80(123)100-60(24-18-28-93-87(90)91)77(120)106-67(76(119)96-40-72(89)115)44-130-45-73(116)99-64(35-54-43-131-47-98-54)83(126)108(7)49(5)74(117)102-65(36-71(88)114)85(128)111-29-19-27-69(111)81(124)101-61(34-53-39-92-46-97-53)78(121)103-62(30-48(3)4)82(125)107(6)41-55(113)32-50(31-51-37-94-58-22-16-14-20-56(51)58)75(118)105-66(42-112)79(122)104-63(33-52-38-95-59-23-17-15-21-57(52)59)84(127)110(9)70(26-13-11-2)86(129)109(68)8/h14-17,20-23,37-39,43,46-50,60-70,94-95,112H,10-13,18-19,24-36,40-42,44-45H2,1-9H3,(H2,88,114)(H2,89,115)(H,92,97)(H,96,119)(H,99,116)(H,100,123)(H,101,124)(H,102,117)(H,103,121)(H,104,122)(H,105,118)(H,106,120)(H4,90,91,93)/t49-,50+,60-,61-,62-,63-,64-,65-,66-,67-,68-,69-,70-/m0/s1. The molecule has 2 saturated heterocycles. The number of aromatic amines is 3. The average Bonchev–Trinajstić information content (AvgIpc) is 1.77. The summed E-state index contributed by atoms with van der Waals surface area (Å²) in [5, 5.41) is 48.4. The summed E-state index contributed by atoms with van der Waals surface area (Å²) in [7, 11) is 5.28. The number of carbonyl (C=O) groups is 17. The van der Waals surface area contributed by atoms with Crippen molar-refractivity contribution in [3.8, 4) is 0 Å². The van der Waals surface area contributed by atoms with E-state index >= 15 is 24.0 Å². The van der Waals surface area contributed by atoms with E-state index in [-0.39, 0.29) is 89.6 Å². The zero-order chi connectivity index (χ0) is 95.9. The number of nitrogens with zero attached hydrogens (tertiary/aromatic N) is 7. The summed E-state index contributed by atoms with van der Waals surface area (Å²) in [6.45, 7) is 6.08. The number of thioether (sulfide) groups is 1. The molecule has 0 aliphatic carbocycles. The maximum absolute atomic E-state index is 15.7. The van der Waals surface area contributed by atoms with Gasteiger partial charge in [-0.25, -0.2) is 9.97 Å². The van der Waals surface area contributed by atoms with Crippen LogP contribution in [0, 0.1) is 17.2 Å². The number of amides is 16. The minimum absolute atomic E-state index is 0.000120. The van der Waals surface area contributed by atoms with Crippen LogP contribution in [0.25, 0.3) is 21.8 Å². The Labute approximate surface area is 766 Å². The predicted molar refractivity (Wildman–Crippen MR) is 486 cm³/mol. The first-order chi connectivity index (χ1) is 62.4.